The summed E-state index contributed by atoms with van der Waals surface area (Å²) in [6, 6.07) is 2.97. The molecule has 3 N–H and O–H groups in total. The van der Waals surface area contributed by atoms with Gasteiger partial charge in [-0.3, -0.25) is 9.69 Å². The average molecular weight is 386 g/mol. The number of carboxylic acid groups (broad SMARTS) is 1. The van der Waals surface area contributed by atoms with E-state index in [1.807, 2.05) is 11.8 Å². The van der Waals surface area contributed by atoms with Crippen molar-refractivity contribution in [1.82, 2.24) is 10.2 Å². The van der Waals surface area contributed by atoms with E-state index in [0.717, 1.165) is 12.8 Å². The summed E-state index contributed by atoms with van der Waals surface area (Å²) >= 11 is 6.09. The molecule has 2 amide bonds. The number of methoxy groups -OCH3 is 2. The van der Waals surface area contributed by atoms with Gasteiger partial charge in [0.2, 0.25) is 0 Å². The van der Waals surface area contributed by atoms with Crippen LogP contribution in [0.4, 0.5) is 10.5 Å². The summed E-state index contributed by atoms with van der Waals surface area (Å²) in [5.74, 6) is 0.0466. The Morgan fingerprint density at radius 2 is 1.92 bits per heavy atom. The SMILES string of the molecule is CCN(CC(=O)O)C1CC(NC(=O)Nc2cc(Cl)c(OC)cc2OC)C1. The fourth-order valence-electron chi connectivity index (χ4n) is 2.98. The van der Waals surface area contributed by atoms with E-state index in [1.54, 1.807) is 12.1 Å². The minimum absolute atomic E-state index is 0.00237. The first-order valence-electron chi connectivity index (χ1n) is 8.32. The van der Waals surface area contributed by atoms with Crippen LogP contribution in [0.2, 0.25) is 5.02 Å². The Labute approximate surface area is 157 Å². The zero-order chi connectivity index (χ0) is 19.3. The van der Waals surface area contributed by atoms with Crippen LogP contribution in [-0.2, 0) is 4.79 Å². The van der Waals surface area contributed by atoms with Crippen LogP contribution in [0.5, 0.6) is 11.5 Å². The standard InChI is InChI=1S/C17H24ClN3O5/c1-4-21(9-16(22)23)11-5-10(6-11)19-17(24)20-13-7-12(18)14(25-2)8-15(13)26-3/h7-8,10-11H,4-6,9H2,1-3H3,(H,22,23)(H2,19,20,24). The number of ether oxygens (including phenoxy) is 2. The lowest BCUT2D eigenvalue weighted by Crippen LogP contribution is -2.55. The fourth-order valence-corrected chi connectivity index (χ4v) is 3.22. The van der Waals surface area contributed by atoms with Crippen LogP contribution in [0, 0.1) is 0 Å². The molecule has 0 aliphatic heterocycles. The Morgan fingerprint density at radius 1 is 1.27 bits per heavy atom. The zero-order valence-electron chi connectivity index (χ0n) is 15.0. The molecule has 1 aromatic carbocycles. The summed E-state index contributed by atoms with van der Waals surface area (Å²) in [6.07, 6.45) is 1.43. The van der Waals surface area contributed by atoms with Crippen molar-refractivity contribution >= 4 is 29.3 Å². The summed E-state index contributed by atoms with van der Waals surface area (Å²) in [7, 11) is 2.99. The number of amides is 2. The Kier molecular flexibility index (Phi) is 6.93. The van der Waals surface area contributed by atoms with Crippen LogP contribution >= 0.6 is 11.6 Å². The minimum Gasteiger partial charge on any atom is -0.495 e. The minimum atomic E-state index is -0.843. The number of nitrogens with one attached hydrogen (secondary N) is 2. The molecule has 9 heteroatoms. The highest BCUT2D eigenvalue weighted by Crippen LogP contribution is 2.36. The summed E-state index contributed by atoms with van der Waals surface area (Å²) in [5, 5.41) is 14.9. The van der Waals surface area contributed by atoms with Gasteiger partial charge in [-0.2, -0.15) is 0 Å². The first-order valence-corrected chi connectivity index (χ1v) is 8.70. The number of carbonyl (C=O) groups is 2. The summed E-state index contributed by atoms with van der Waals surface area (Å²) in [6.45, 7) is 2.61. The van der Waals surface area contributed by atoms with Crippen molar-refractivity contribution in [3.63, 3.8) is 0 Å². The molecular formula is C17H24ClN3O5. The van der Waals surface area contributed by atoms with Gasteiger partial charge in [-0.25, -0.2) is 4.79 Å². The first-order chi connectivity index (χ1) is 12.4. The van der Waals surface area contributed by atoms with Gasteiger partial charge in [-0.05, 0) is 25.5 Å². The molecule has 0 bridgehead atoms. The van der Waals surface area contributed by atoms with Gasteiger partial charge in [0, 0.05) is 18.2 Å². The second-order valence-corrected chi connectivity index (χ2v) is 6.47. The highest BCUT2D eigenvalue weighted by Gasteiger charge is 2.34. The molecule has 26 heavy (non-hydrogen) atoms. The molecule has 0 spiro atoms. The van der Waals surface area contributed by atoms with Crippen molar-refractivity contribution in [2.45, 2.75) is 31.8 Å². The van der Waals surface area contributed by atoms with E-state index in [0.29, 0.717) is 28.8 Å². The number of aliphatic carboxylic acids is 1. The number of halogens is 1. The third-order valence-corrected chi connectivity index (χ3v) is 4.73. The van der Waals surface area contributed by atoms with Crippen molar-refractivity contribution in [3.05, 3.63) is 17.2 Å². The third kappa shape index (κ3) is 4.92. The lowest BCUT2D eigenvalue weighted by Gasteiger charge is -2.42. The number of hydrogen-bond donors (Lipinski definition) is 3. The Morgan fingerprint density at radius 3 is 2.46 bits per heavy atom. The molecule has 1 saturated carbocycles. The number of rotatable bonds is 8. The third-order valence-electron chi connectivity index (χ3n) is 4.43. The van der Waals surface area contributed by atoms with Crippen molar-refractivity contribution < 1.29 is 24.2 Å². The van der Waals surface area contributed by atoms with Gasteiger partial charge < -0.3 is 25.2 Å². The van der Waals surface area contributed by atoms with Gasteiger partial charge in [-0.15, -0.1) is 0 Å². The van der Waals surface area contributed by atoms with Crippen LogP contribution in [0.15, 0.2) is 12.1 Å². The van der Waals surface area contributed by atoms with Gasteiger partial charge in [0.25, 0.3) is 0 Å². The number of benzene rings is 1. The van der Waals surface area contributed by atoms with E-state index in [-0.39, 0.29) is 24.7 Å². The largest absolute Gasteiger partial charge is 0.495 e. The van der Waals surface area contributed by atoms with Gasteiger partial charge in [0.05, 0.1) is 31.5 Å². The molecule has 0 saturated heterocycles. The molecule has 2 rings (SSSR count). The molecule has 1 aliphatic rings. The number of anilines is 1. The quantitative estimate of drug-likeness (QED) is 0.635. The average Bonchev–Trinajstić information content (AvgIpc) is 2.56. The maximum Gasteiger partial charge on any atom is 0.319 e. The highest BCUT2D eigenvalue weighted by molar-refractivity contribution is 6.32. The zero-order valence-corrected chi connectivity index (χ0v) is 15.8. The van der Waals surface area contributed by atoms with Crippen molar-refractivity contribution in [2.75, 3.05) is 32.6 Å². The molecule has 0 heterocycles. The molecule has 1 fully saturated rings. The maximum absolute atomic E-state index is 12.2. The van der Waals surface area contributed by atoms with E-state index in [1.165, 1.54) is 14.2 Å². The Balaban J connectivity index is 1.89. The second-order valence-electron chi connectivity index (χ2n) is 6.06. The molecule has 0 atom stereocenters. The smallest absolute Gasteiger partial charge is 0.319 e. The summed E-state index contributed by atoms with van der Waals surface area (Å²) in [4.78, 5) is 25.0. The van der Waals surface area contributed by atoms with Crippen molar-refractivity contribution in [1.29, 1.82) is 0 Å². The molecule has 144 valence electrons. The van der Waals surface area contributed by atoms with Crippen LogP contribution in [-0.4, -0.2) is 61.4 Å². The number of urea groups is 1. The number of nitrogens with zero attached hydrogens (tertiary/aromatic N) is 1. The number of carbonyl (C=O) groups excluding carboxylic acids is 1. The van der Waals surface area contributed by atoms with Crippen molar-refractivity contribution in [3.8, 4) is 11.5 Å². The number of hydrogen-bond acceptors (Lipinski definition) is 5. The van der Waals surface area contributed by atoms with Gasteiger partial charge in [0.1, 0.15) is 11.5 Å². The lowest BCUT2D eigenvalue weighted by atomic mass is 9.85. The molecule has 0 radical (unpaired) electrons. The summed E-state index contributed by atoms with van der Waals surface area (Å²) < 4.78 is 10.4. The molecular weight excluding hydrogens is 362 g/mol. The maximum atomic E-state index is 12.2. The van der Waals surface area contributed by atoms with E-state index < -0.39 is 5.97 Å². The highest BCUT2D eigenvalue weighted by atomic mass is 35.5. The summed E-state index contributed by atoms with van der Waals surface area (Å²) in [5.41, 5.74) is 0.438. The Hall–Kier alpha value is -2.19. The number of likely N-dealkylation sites (N-methyl/N-ethyl adjacent to an activating group) is 1. The van der Waals surface area contributed by atoms with E-state index in [4.69, 9.17) is 26.2 Å². The van der Waals surface area contributed by atoms with E-state index in [9.17, 15) is 9.59 Å². The van der Waals surface area contributed by atoms with Crippen molar-refractivity contribution in [2.24, 2.45) is 0 Å². The second kappa shape index (κ2) is 8.95. The molecule has 1 aliphatic carbocycles. The predicted octanol–water partition coefficient (Wildman–Crippen LogP) is 2.42. The lowest BCUT2D eigenvalue weighted by molar-refractivity contribution is -0.139. The molecule has 0 unspecified atom stereocenters. The van der Waals surface area contributed by atoms with E-state index in [2.05, 4.69) is 10.6 Å². The normalized spacial score (nSPS) is 18.8. The predicted molar refractivity (Wildman–Crippen MR) is 98.4 cm³/mol. The topological polar surface area (TPSA) is 100 Å². The van der Waals surface area contributed by atoms with Crippen LogP contribution in [0.25, 0.3) is 0 Å². The fraction of sp³-hybridized carbons (Fsp3) is 0.529. The Bertz CT molecular complexity index is 664. The van der Waals surface area contributed by atoms with Gasteiger partial charge in [0.15, 0.2) is 0 Å². The van der Waals surface area contributed by atoms with Gasteiger partial charge in [-0.1, -0.05) is 18.5 Å². The van der Waals surface area contributed by atoms with Crippen LogP contribution in [0.1, 0.15) is 19.8 Å². The monoisotopic (exact) mass is 385 g/mol. The van der Waals surface area contributed by atoms with Crippen LogP contribution < -0.4 is 20.1 Å². The van der Waals surface area contributed by atoms with E-state index >= 15 is 0 Å². The molecule has 8 nitrogen and oxygen atoms in total. The molecule has 1 aromatic rings. The number of carboxylic acids is 1. The first kappa shape index (κ1) is 20.1. The molecule has 0 aromatic heterocycles. The van der Waals surface area contributed by atoms with Gasteiger partial charge >= 0.3 is 12.0 Å². The van der Waals surface area contributed by atoms with Crippen LogP contribution in [0.3, 0.4) is 0 Å².